The molecule has 0 saturated carbocycles. The summed E-state index contributed by atoms with van der Waals surface area (Å²) < 4.78 is 4.45. The lowest BCUT2D eigenvalue weighted by Crippen LogP contribution is -2.40. The van der Waals surface area contributed by atoms with Gasteiger partial charge in [-0.3, -0.25) is 0 Å². The topological polar surface area (TPSA) is 58.6 Å². The smallest absolute Gasteiger partial charge is 0.335 e. The summed E-state index contributed by atoms with van der Waals surface area (Å²) in [6, 6.07) is 0. The van der Waals surface area contributed by atoms with E-state index in [9.17, 15) is 9.90 Å². The molecule has 0 bridgehead atoms. The Labute approximate surface area is 71.9 Å². The molecule has 4 heteroatoms. The van der Waals surface area contributed by atoms with Crippen molar-refractivity contribution in [3.8, 4) is 0 Å². The summed E-state index contributed by atoms with van der Waals surface area (Å²) in [6.07, 6.45) is 0.949. The van der Waals surface area contributed by atoms with Crippen molar-refractivity contribution in [1.82, 2.24) is 5.32 Å². The van der Waals surface area contributed by atoms with E-state index in [1.807, 2.05) is 0 Å². The number of carbonyl (C=O) groups is 1. The minimum absolute atomic E-state index is 0.0196. The monoisotopic (exact) mass is 173 g/mol. The quantitative estimate of drug-likeness (QED) is 0.554. The van der Waals surface area contributed by atoms with E-state index in [4.69, 9.17) is 0 Å². The second-order valence-electron chi connectivity index (χ2n) is 3.07. The van der Waals surface area contributed by atoms with E-state index in [2.05, 4.69) is 10.1 Å². The van der Waals surface area contributed by atoms with Crippen LogP contribution in [-0.4, -0.2) is 37.4 Å². The van der Waals surface area contributed by atoms with Crippen LogP contribution in [0, 0.1) is 5.92 Å². The average Bonchev–Trinajstić information content (AvgIpc) is 2.17. The van der Waals surface area contributed by atoms with Crippen molar-refractivity contribution in [3.05, 3.63) is 0 Å². The molecule has 1 saturated heterocycles. The van der Waals surface area contributed by atoms with Crippen LogP contribution in [0.1, 0.15) is 12.8 Å². The van der Waals surface area contributed by atoms with Gasteiger partial charge in [0.1, 0.15) is 0 Å². The van der Waals surface area contributed by atoms with Crippen LogP contribution in [0.15, 0.2) is 0 Å². The zero-order valence-electron chi connectivity index (χ0n) is 7.25. The Balaban J connectivity index is 2.39. The number of aliphatic hydroxyl groups is 1. The van der Waals surface area contributed by atoms with Gasteiger partial charge in [0.25, 0.3) is 0 Å². The molecule has 1 heterocycles. The predicted molar refractivity (Wildman–Crippen MR) is 43.6 cm³/mol. The number of aliphatic hydroxyl groups excluding tert-OH is 1. The van der Waals surface area contributed by atoms with E-state index >= 15 is 0 Å². The molecule has 2 atom stereocenters. The Hall–Kier alpha value is -0.610. The van der Waals surface area contributed by atoms with Gasteiger partial charge in [0.2, 0.25) is 0 Å². The van der Waals surface area contributed by atoms with Gasteiger partial charge >= 0.3 is 5.97 Å². The molecule has 0 radical (unpaired) electrons. The number of hydrogen-bond acceptors (Lipinski definition) is 4. The molecule has 0 aromatic rings. The molecule has 70 valence electrons. The molecule has 0 aromatic carbocycles. The Morgan fingerprint density at radius 3 is 3.00 bits per heavy atom. The minimum Gasteiger partial charge on any atom is -0.467 e. The molecule has 2 N–H and O–H groups in total. The highest BCUT2D eigenvalue weighted by Crippen LogP contribution is 2.14. The van der Waals surface area contributed by atoms with Gasteiger partial charge in [-0.05, 0) is 19.4 Å². The second kappa shape index (κ2) is 4.42. The van der Waals surface area contributed by atoms with Crippen LogP contribution >= 0.6 is 0 Å². The normalized spacial score (nSPS) is 26.3. The van der Waals surface area contributed by atoms with Gasteiger partial charge < -0.3 is 15.2 Å². The third-order valence-electron chi connectivity index (χ3n) is 2.22. The van der Waals surface area contributed by atoms with Crippen LogP contribution in [-0.2, 0) is 9.53 Å². The first-order chi connectivity index (χ1) is 5.75. The molecule has 0 aliphatic carbocycles. The minimum atomic E-state index is -0.956. The molecule has 0 spiro atoms. The van der Waals surface area contributed by atoms with E-state index in [-0.39, 0.29) is 5.92 Å². The van der Waals surface area contributed by atoms with Gasteiger partial charge in [-0.2, -0.15) is 0 Å². The molecular formula is C8H15NO3. The molecular weight excluding hydrogens is 158 g/mol. The number of esters is 1. The van der Waals surface area contributed by atoms with Gasteiger partial charge in [-0.1, -0.05) is 0 Å². The first kappa shape index (κ1) is 9.48. The van der Waals surface area contributed by atoms with Crippen LogP contribution in [0.5, 0.6) is 0 Å². The summed E-state index contributed by atoms with van der Waals surface area (Å²) in [4.78, 5) is 10.9. The van der Waals surface area contributed by atoms with Gasteiger partial charge in [0, 0.05) is 12.5 Å². The highest BCUT2D eigenvalue weighted by molar-refractivity contribution is 5.74. The van der Waals surface area contributed by atoms with E-state index in [0.29, 0.717) is 6.54 Å². The summed E-state index contributed by atoms with van der Waals surface area (Å²) in [6.45, 7) is 1.68. The van der Waals surface area contributed by atoms with Crippen LogP contribution in [0.25, 0.3) is 0 Å². The summed E-state index contributed by atoms with van der Waals surface area (Å²) in [7, 11) is 1.29. The highest BCUT2D eigenvalue weighted by atomic mass is 16.5. The fourth-order valence-electron chi connectivity index (χ4n) is 1.46. The molecule has 0 amide bonds. The van der Waals surface area contributed by atoms with Crippen LogP contribution in [0.4, 0.5) is 0 Å². The zero-order chi connectivity index (χ0) is 8.97. The van der Waals surface area contributed by atoms with E-state index in [1.54, 1.807) is 0 Å². The molecule has 0 aromatic heterocycles. The zero-order valence-corrected chi connectivity index (χ0v) is 7.25. The molecule has 1 aliphatic rings. The van der Waals surface area contributed by atoms with Crippen molar-refractivity contribution in [1.29, 1.82) is 0 Å². The maximum absolute atomic E-state index is 10.9. The number of methoxy groups -OCH3 is 1. The number of ether oxygens (including phenoxy) is 1. The van der Waals surface area contributed by atoms with Crippen LogP contribution in [0.3, 0.4) is 0 Å². The first-order valence-corrected chi connectivity index (χ1v) is 4.22. The molecule has 1 fully saturated rings. The van der Waals surface area contributed by atoms with Gasteiger partial charge in [-0.15, -0.1) is 0 Å². The van der Waals surface area contributed by atoms with Crippen molar-refractivity contribution in [2.45, 2.75) is 18.9 Å². The summed E-state index contributed by atoms with van der Waals surface area (Å²) >= 11 is 0. The first-order valence-electron chi connectivity index (χ1n) is 4.22. The summed E-state index contributed by atoms with van der Waals surface area (Å²) in [5, 5.41) is 12.6. The van der Waals surface area contributed by atoms with Gasteiger partial charge in [0.15, 0.2) is 6.10 Å². The summed E-state index contributed by atoms with van der Waals surface area (Å²) in [5.74, 6) is -0.505. The molecule has 12 heavy (non-hydrogen) atoms. The van der Waals surface area contributed by atoms with Crippen LogP contribution < -0.4 is 5.32 Å². The average molecular weight is 173 g/mol. The fraction of sp³-hybridized carbons (Fsp3) is 0.875. The molecule has 2 unspecified atom stereocenters. The van der Waals surface area contributed by atoms with E-state index in [1.165, 1.54) is 7.11 Å². The predicted octanol–water partition coefficient (Wildman–Crippen LogP) is -0.480. The standard InChI is InChI=1S/C8H15NO3/c1-12-8(11)7(10)6-3-2-4-9-5-6/h6-7,9-10H,2-5H2,1H3. The highest BCUT2D eigenvalue weighted by Gasteiger charge is 2.27. The fourth-order valence-corrected chi connectivity index (χ4v) is 1.46. The Morgan fingerprint density at radius 2 is 2.50 bits per heavy atom. The number of nitrogens with one attached hydrogen (secondary N) is 1. The third kappa shape index (κ3) is 2.19. The lowest BCUT2D eigenvalue weighted by Gasteiger charge is -2.25. The molecule has 1 rings (SSSR count). The Morgan fingerprint density at radius 1 is 1.75 bits per heavy atom. The third-order valence-corrected chi connectivity index (χ3v) is 2.22. The largest absolute Gasteiger partial charge is 0.467 e. The van der Waals surface area contributed by atoms with E-state index in [0.717, 1.165) is 19.4 Å². The maximum Gasteiger partial charge on any atom is 0.335 e. The molecule has 1 aliphatic heterocycles. The molecule has 4 nitrogen and oxygen atoms in total. The van der Waals surface area contributed by atoms with Crippen molar-refractivity contribution < 1.29 is 14.6 Å². The SMILES string of the molecule is COC(=O)C(O)C1CCCNC1. The Bertz CT molecular complexity index is 154. The maximum atomic E-state index is 10.9. The number of piperidine rings is 1. The second-order valence-corrected chi connectivity index (χ2v) is 3.07. The Kier molecular flexibility index (Phi) is 3.49. The van der Waals surface area contributed by atoms with Crippen molar-refractivity contribution in [2.75, 3.05) is 20.2 Å². The summed E-state index contributed by atoms with van der Waals surface area (Å²) in [5.41, 5.74) is 0. The number of rotatable bonds is 2. The van der Waals surface area contributed by atoms with Crippen molar-refractivity contribution >= 4 is 5.97 Å². The van der Waals surface area contributed by atoms with Gasteiger partial charge in [0.05, 0.1) is 7.11 Å². The van der Waals surface area contributed by atoms with Crippen LogP contribution in [0.2, 0.25) is 0 Å². The van der Waals surface area contributed by atoms with Crippen molar-refractivity contribution in [2.24, 2.45) is 5.92 Å². The van der Waals surface area contributed by atoms with E-state index < -0.39 is 12.1 Å². The number of carbonyl (C=O) groups excluding carboxylic acids is 1. The van der Waals surface area contributed by atoms with Crippen molar-refractivity contribution in [3.63, 3.8) is 0 Å². The lowest BCUT2D eigenvalue weighted by atomic mass is 9.94. The lowest BCUT2D eigenvalue weighted by molar-refractivity contribution is -0.153. The number of hydrogen-bond donors (Lipinski definition) is 2. The van der Waals surface area contributed by atoms with Gasteiger partial charge in [-0.25, -0.2) is 4.79 Å².